The topological polar surface area (TPSA) is 36.7 Å². The van der Waals surface area contributed by atoms with Crippen LogP contribution in [0, 0.1) is 18.3 Å². The number of benzene rings is 1. The summed E-state index contributed by atoms with van der Waals surface area (Å²) in [7, 11) is 0. The highest BCUT2D eigenvalue weighted by molar-refractivity contribution is 5.61. The summed E-state index contributed by atoms with van der Waals surface area (Å²) in [5.41, 5.74) is 2.79. The first-order chi connectivity index (χ1) is 7.29. The molecule has 2 heteroatoms. The molecule has 1 aromatic heterocycles. The Kier molecular flexibility index (Phi) is 2.47. The molecule has 1 aromatic carbocycles. The van der Waals surface area contributed by atoms with E-state index >= 15 is 0 Å². The second-order valence-corrected chi connectivity index (χ2v) is 3.14. The number of hydrogen-bond donors (Lipinski definition) is 0. The number of nitrogens with zero attached hydrogens (tertiary/aromatic N) is 2. The first kappa shape index (κ1) is 9.42. The Bertz CT molecular complexity index is 524. The van der Waals surface area contributed by atoms with E-state index in [2.05, 4.69) is 11.1 Å². The fourth-order valence-corrected chi connectivity index (χ4v) is 1.36. The van der Waals surface area contributed by atoms with E-state index in [0.717, 1.165) is 11.3 Å². The van der Waals surface area contributed by atoms with E-state index in [4.69, 9.17) is 12.2 Å². The van der Waals surface area contributed by atoms with E-state index in [1.807, 2.05) is 24.3 Å². The summed E-state index contributed by atoms with van der Waals surface area (Å²) in [5.74, 6) is 0. The lowest BCUT2D eigenvalue weighted by Gasteiger charge is -2.01. The summed E-state index contributed by atoms with van der Waals surface area (Å²) in [6.45, 7) is 5.59. The molecular formula is C13H8N2. The Balaban J connectivity index is 2.50. The van der Waals surface area contributed by atoms with Crippen molar-refractivity contribution in [2.24, 2.45) is 0 Å². The monoisotopic (exact) mass is 192 g/mol. The van der Waals surface area contributed by atoms with Gasteiger partial charge >= 0.3 is 0 Å². The van der Waals surface area contributed by atoms with Crippen LogP contribution in [0.25, 0.3) is 11.3 Å². The summed E-state index contributed by atoms with van der Waals surface area (Å²) >= 11 is 0. The van der Waals surface area contributed by atoms with Crippen LogP contribution in [-0.2, 0) is 0 Å². The predicted octanol–water partition coefficient (Wildman–Crippen LogP) is 2.68. The Morgan fingerprint density at radius 2 is 1.93 bits per heavy atom. The van der Waals surface area contributed by atoms with Crippen LogP contribution in [-0.4, -0.2) is 4.98 Å². The second-order valence-electron chi connectivity index (χ2n) is 3.14. The van der Waals surface area contributed by atoms with Crippen LogP contribution in [0.4, 0.5) is 0 Å². The molecule has 0 saturated heterocycles. The van der Waals surface area contributed by atoms with Crippen LogP contribution in [0.5, 0.6) is 0 Å². The maximum Gasteiger partial charge on any atom is 0.0991 e. The van der Waals surface area contributed by atoms with Gasteiger partial charge in [0, 0.05) is 18.2 Å². The second kappa shape index (κ2) is 3.93. The highest BCUT2D eigenvalue weighted by atomic mass is 14.7. The molecule has 70 valence electrons. The minimum absolute atomic E-state index is 0.481. The summed E-state index contributed by atoms with van der Waals surface area (Å²) in [4.78, 5) is 4.19. The quantitative estimate of drug-likeness (QED) is 0.696. The molecule has 0 aliphatic carbocycles. The molecule has 2 rings (SSSR count). The average Bonchev–Trinajstić information content (AvgIpc) is 2.29. The maximum absolute atomic E-state index is 8.77. The molecule has 0 aliphatic rings. The maximum atomic E-state index is 8.77. The molecule has 2 radical (unpaired) electrons. The molecule has 0 bridgehead atoms. The number of nitriles is 1. The van der Waals surface area contributed by atoms with Crippen LogP contribution in [0.15, 0.2) is 42.5 Å². The molecule has 0 fully saturated rings. The minimum Gasteiger partial charge on any atom is -0.252 e. The van der Waals surface area contributed by atoms with Gasteiger partial charge in [0.25, 0.3) is 0 Å². The van der Waals surface area contributed by atoms with Gasteiger partial charge in [0.2, 0.25) is 0 Å². The zero-order chi connectivity index (χ0) is 10.7. The molecule has 2 aromatic rings. The Labute approximate surface area is 88.8 Å². The van der Waals surface area contributed by atoms with Crippen molar-refractivity contribution in [3.8, 4) is 17.3 Å². The highest BCUT2D eigenvalue weighted by Crippen LogP contribution is 2.17. The van der Waals surface area contributed by atoms with Gasteiger partial charge in [-0.1, -0.05) is 18.2 Å². The van der Waals surface area contributed by atoms with Crippen molar-refractivity contribution in [2.45, 2.75) is 0 Å². The Morgan fingerprint density at radius 3 is 2.67 bits per heavy atom. The molecule has 0 unspecified atom stereocenters. The van der Waals surface area contributed by atoms with E-state index in [9.17, 15) is 0 Å². The van der Waals surface area contributed by atoms with Crippen LogP contribution < -0.4 is 0 Å². The van der Waals surface area contributed by atoms with E-state index in [-0.39, 0.29) is 0 Å². The highest BCUT2D eigenvalue weighted by Gasteiger charge is 2.00. The largest absolute Gasteiger partial charge is 0.252 e. The third-order valence-corrected chi connectivity index (χ3v) is 2.06. The molecule has 15 heavy (non-hydrogen) atoms. The van der Waals surface area contributed by atoms with E-state index in [0.29, 0.717) is 11.3 Å². The molecule has 0 amide bonds. The minimum atomic E-state index is 0.481. The number of rotatable bonds is 1. The molecule has 0 N–H and O–H groups in total. The lowest BCUT2D eigenvalue weighted by Crippen LogP contribution is -1.86. The van der Waals surface area contributed by atoms with Crippen molar-refractivity contribution in [2.75, 3.05) is 0 Å². The van der Waals surface area contributed by atoms with Crippen molar-refractivity contribution in [3.05, 3.63) is 60.6 Å². The third-order valence-electron chi connectivity index (χ3n) is 2.06. The van der Waals surface area contributed by atoms with Gasteiger partial charge in [-0.15, -0.1) is 0 Å². The summed E-state index contributed by atoms with van der Waals surface area (Å²) < 4.78 is 0. The van der Waals surface area contributed by atoms with Gasteiger partial charge in [-0.3, -0.25) is 4.98 Å². The van der Waals surface area contributed by atoms with Gasteiger partial charge in [-0.05, 0) is 24.3 Å². The van der Waals surface area contributed by atoms with Crippen LogP contribution >= 0.6 is 0 Å². The molecule has 0 atom stereocenters. The zero-order valence-electron chi connectivity index (χ0n) is 8.01. The SMILES string of the molecule is [CH]c1cccc(-c2cccc(C#N)c2)n1. The standard InChI is InChI=1S/C13H8N2/c1-10-4-2-7-13(15-10)12-6-3-5-11(8-12)9-14/h1-8H. The number of pyridine rings is 1. The molecule has 1 heterocycles. The fraction of sp³-hybridized carbons (Fsp3) is 0. The van der Waals surface area contributed by atoms with E-state index in [1.165, 1.54) is 0 Å². The average molecular weight is 192 g/mol. The number of aromatic nitrogens is 1. The van der Waals surface area contributed by atoms with Crippen molar-refractivity contribution < 1.29 is 0 Å². The Morgan fingerprint density at radius 1 is 1.13 bits per heavy atom. The molecular weight excluding hydrogens is 184 g/mol. The van der Waals surface area contributed by atoms with Gasteiger partial charge < -0.3 is 0 Å². The van der Waals surface area contributed by atoms with Crippen LogP contribution in [0.3, 0.4) is 0 Å². The van der Waals surface area contributed by atoms with Crippen molar-refractivity contribution in [3.63, 3.8) is 0 Å². The normalized spacial score (nSPS) is 9.60. The molecule has 0 spiro atoms. The first-order valence-corrected chi connectivity index (χ1v) is 4.52. The zero-order valence-corrected chi connectivity index (χ0v) is 8.01. The van der Waals surface area contributed by atoms with Gasteiger partial charge in [0.05, 0.1) is 17.3 Å². The Hall–Kier alpha value is -2.14. The van der Waals surface area contributed by atoms with Gasteiger partial charge in [0.15, 0.2) is 0 Å². The molecule has 2 nitrogen and oxygen atoms in total. The van der Waals surface area contributed by atoms with Gasteiger partial charge in [0.1, 0.15) is 0 Å². The molecule has 0 saturated carbocycles. The smallest absolute Gasteiger partial charge is 0.0991 e. The fourth-order valence-electron chi connectivity index (χ4n) is 1.36. The number of hydrogen-bond acceptors (Lipinski definition) is 2. The van der Waals surface area contributed by atoms with Gasteiger partial charge in [-0.2, -0.15) is 5.26 Å². The van der Waals surface area contributed by atoms with Crippen molar-refractivity contribution >= 4 is 0 Å². The van der Waals surface area contributed by atoms with Crippen molar-refractivity contribution in [1.82, 2.24) is 4.98 Å². The van der Waals surface area contributed by atoms with Gasteiger partial charge in [-0.25, -0.2) is 0 Å². The summed E-state index contributed by atoms with van der Waals surface area (Å²) in [5, 5.41) is 8.77. The van der Waals surface area contributed by atoms with Crippen molar-refractivity contribution in [1.29, 1.82) is 5.26 Å². The van der Waals surface area contributed by atoms with E-state index in [1.54, 1.807) is 18.2 Å². The van der Waals surface area contributed by atoms with Crippen LogP contribution in [0.2, 0.25) is 0 Å². The summed E-state index contributed by atoms with van der Waals surface area (Å²) in [6, 6.07) is 14.8. The summed E-state index contributed by atoms with van der Waals surface area (Å²) in [6.07, 6.45) is 0. The van der Waals surface area contributed by atoms with Crippen LogP contribution in [0.1, 0.15) is 11.3 Å². The lowest BCUT2D eigenvalue weighted by molar-refractivity contribution is 1.27. The molecule has 0 aliphatic heterocycles. The lowest BCUT2D eigenvalue weighted by atomic mass is 10.1. The van der Waals surface area contributed by atoms with E-state index < -0.39 is 0 Å². The predicted molar refractivity (Wildman–Crippen MR) is 57.8 cm³/mol. The first-order valence-electron chi connectivity index (χ1n) is 4.52. The third kappa shape index (κ3) is 2.03.